The summed E-state index contributed by atoms with van der Waals surface area (Å²) in [4.78, 5) is 13.5. The number of aliphatic hydroxyl groups is 1. The van der Waals surface area contributed by atoms with Crippen molar-refractivity contribution in [1.29, 1.82) is 0 Å². The van der Waals surface area contributed by atoms with Crippen LogP contribution in [-0.4, -0.2) is 36.1 Å². The SMILES string of the molecule is CN1CC[C@@H](c2ccc(F)cc2)[C@H](CO)C1=O. The van der Waals surface area contributed by atoms with Gasteiger partial charge in [-0.3, -0.25) is 4.79 Å². The van der Waals surface area contributed by atoms with Crippen LogP contribution in [-0.2, 0) is 4.79 Å². The monoisotopic (exact) mass is 237 g/mol. The number of amides is 1. The van der Waals surface area contributed by atoms with Crippen molar-refractivity contribution in [1.82, 2.24) is 4.90 Å². The molecule has 1 aromatic rings. The molecule has 0 unspecified atom stereocenters. The number of rotatable bonds is 2. The molecule has 1 heterocycles. The van der Waals surface area contributed by atoms with Gasteiger partial charge in [0.05, 0.1) is 12.5 Å². The van der Waals surface area contributed by atoms with Gasteiger partial charge in [-0.05, 0) is 30.0 Å². The number of carbonyl (C=O) groups is 1. The number of nitrogens with zero attached hydrogens (tertiary/aromatic N) is 1. The molecule has 1 aliphatic heterocycles. The molecule has 0 spiro atoms. The maximum atomic E-state index is 12.8. The fourth-order valence-electron chi connectivity index (χ4n) is 2.41. The van der Waals surface area contributed by atoms with Gasteiger partial charge in [0.25, 0.3) is 0 Å². The summed E-state index contributed by atoms with van der Waals surface area (Å²) in [6.07, 6.45) is 0.805. The summed E-state index contributed by atoms with van der Waals surface area (Å²) in [7, 11) is 1.74. The third-order valence-corrected chi connectivity index (χ3v) is 3.45. The highest BCUT2D eigenvalue weighted by Gasteiger charge is 2.35. The molecule has 2 rings (SSSR count). The minimum atomic E-state index is -0.404. The highest BCUT2D eigenvalue weighted by Crippen LogP contribution is 2.33. The van der Waals surface area contributed by atoms with Crippen LogP contribution < -0.4 is 0 Å². The van der Waals surface area contributed by atoms with Crippen LogP contribution in [0.25, 0.3) is 0 Å². The van der Waals surface area contributed by atoms with Crippen LogP contribution in [0.3, 0.4) is 0 Å². The summed E-state index contributed by atoms with van der Waals surface area (Å²) in [6, 6.07) is 6.18. The largest absolute Gasteiger partial charge is 0.396 e. The average Bonchev–Trinajstić information content (AvgIpc) is 2.34. The van der Waals surface area contributed by atoms with Crippen molar-refractivity contribution >= 4 is 5.91 Å². The highest BCUT2D eigenvalue weighted by molar-refractivity contribution is 5.80. The third-order valence-electron chi connectivity index (χ3n) is 3.45. The van der Waals surface area contributed by atoms with E-state index in [-0.39, 0.29) is 24.2 Å². The number of aliphatic hydroxyl groups excluding tert-OH is 1. The van der Waals surface area contributed by atoms with E-state index in [2.05, 4.69) is 0 Å². The molecule has 0 saturated carbocycles. The van der Waals surface area contributed by atoms with E-state index in [0.29, 0.717) is 6.54 Å². The Labute approximate surface area is 99.9 Å². The van der Waals surface area contributed by atoms with Crippen LogP contribution >= 0.6 is 0 Å². The van der Waals surface area contributed by atoms with Crippen molar-refractivity contribution in [2.24, 2.45) is 5.92 Å². The predicted molar refractivity (Wildman–Crippen MR) is 62.0 cm³/mol. The van der Waals surface area contributed by atoms with E-state index in [1.807, 2.05) is 0 Å². The first-order valence-corrected chi connectivity index (χ1v) is 5.74. The Balaban J connectivity index is 2.25. The van der Waals surface area contributed by atoms with Crippen LogP contribution in [0.2, 0.25) is 0 Å². The van der Waals surface area contributed by atoms with E-state index in [4.69, 9.17) is 0 Å². The number of piperidine rings is 1. The van der Waals surface area contributed by atoms with Crippen LogP contribution in [0, 0.1) is 11.7 Å². The summed E-state index contributed by atoms with van der Waals surface area (Å²) >= 11 is 0. The maximum absolute atomic E-state index is 12.8. The molecule has 17 heavy (non-hydrogen) atoms. The normalized spacial score (nSPS) is 25.1. The van der Waals surface area contributed by atoms with Crippen molar-refractivity contribution < 1.29 is 14.3 Å². The summed E-state index contributed by atoms with van der Waals surface area (Å²) < 4.78 is 12.8. The lowest BCUT2D eigenvalue weighted by Crippen LogP contribution is -2.43. The molecule has 1 fully saturated rings. The molecular formula is C13H16FNO2. The summed E-state index contributed by atoms with van der Waals surface area (Å²) in [5.41, 5.74) is 0.923. The van der Waals surface area contributed by atoms with Gasteiger partial charge >= 0.3 is 0 Å². The van der Waals surface area contributed by atoms with Crippen LogP contribution in [0.15, 0.2) is 24.3 Å². The third kappa shape index (κ3) is 2.31. The zero-order valence-electron chi connectivity index (χ0n) is 9.77. The van der Waals surface area contributed by atoms with Gasteiger partial charge in [-0.2, -0.15) is 0 Å². The maximum Gasteiger partial charge on any atom is 0.228 e. The minimum Gasteiger partial charge on any atom is -0.396 e. The molecule has 0 aromatic heterocycles. The quantitative estimate of drug-likeness (QED) is 0.844. The van der Waals surface area contributed by atoms with Gasteiger partial charge in [0.2, 0.25) is 5.91 Å². The molecule has 3 nitrogen and oxygen atoms in total. The predicted octanol–water partition coefficient (Wildman–Crippen LogP) is 1.38. The topological polar surface area (TPSA) is 40.5 Å². The average molecular weight is 237 g/mol. The van der Waals surface area contributed by atoms with Gasteiger partial charge in [-0.1, -0.05) is 12.1 Å². The Kier molecular flexibility index (Phi) is 3.43. The first-order valence-electron chi connectivity index (χ1n) is 5.74. The van der Waals surface area contributed by atoms with Crippen molar-refractivity contribution in [2.75, 3.05) is 20.2 Å². The molecule has 2 atom stereocenters. The Morgan fingerprint density at radius 3 is 2.65 bits per heavy atom. The van der Waals surface area contributed by atoms with Gasteiger partial charge < -0.3 is 10.0 Å². The van der Waals surface area contributed by atoms with Gasteiger partial charge in [0.1, 0.15) is 5.82 Å². The number of hydrogen-bond donors (Lipinski definition) is 1. The molecule has 0 aliphatic carbocycles. The zero-order chi connectivity index (χ0) is 12.4. The first-order chi connectivity index (χ1) is 8.13. The van der Waals surface area contributed by atoms with E-state index < -0.39 is 5.92 Å². The number of carbonyl (C=O) groups excluding carboxylic acids is 1. The van der Waals surface area contributed by atoms with Crippen molar-refractivity contribution in [3.05, 3.63) is 35.6 Å². The summed E-state index contributed by atoms with van der Waals surface area (Å²) in [6.45, 7) is 0.516. The first kappa shape index (κ1) is 12.0. The van der Waals surface area contributed by atoms with Gasteiger partial charge in [-0.25, -0.2) is 4.39 Å². The van der Waals surface area contributed by atoms with Gasteiger partial charge in [0, 0.05) is 13.6 Å². The zero-order valence-corrected chi connectivity index (χ0v) is 9.77. The fraction of sp³-hybridized carbons (Fsp3) is 0.462. The van der Waals surface area contributed by atoms with Crippen LogP contribution in [0.5, 0.6) is 0 Å². The van der Waals surface area contributed by atoms with Crippen LogP contribution in [0.4, 0.5) is 4.39 Å². The lowest BCUT2D eigenvalue weighted by atomic mass is 9.80. The molecule has 1 aromatic carbocycles. The second-order valence-electron chi connectivity index (χ2n) is 4.50. The molecule has 1 aliphatic rings. The molecule has 0 bridgehead atoms. The molecule has 1 saturated heterocycles. The summed E-state index contributed by atoms with van der Waals surface area (Å²) in [5, 5.41) is 9.34. The van der Waals surface area contributed by atoms with E-state index in [1.165, 1.54) is 12.1 Å². The number of halogens is 1. The number of likely N-dealkylation sites (tertiary alicyclic amines) is 1. The molecule has 92 valence electrons. The Hall–Kier alpha value is -1.42. The lowest BCUT2D eigenvalue weighted by Gasteiger charge is -2.35. The molecular weight excluding hydrogens is 221 g/mol. The smallest absolute Gasteiger partial charge is 0.228 e. The number of benzene rings is 1. The van der Waals surface area contributed by atoms with Crippen LogP contribution in [0.1, 0.15) is 17.9 Å². The van der Waals surface area contributed by atoms with E-state index in [0.717, 1.165) is 12.0 Å². The molecule has 1 amide bonds. The van der Waals surface area contributed by atoms with E-state index in [1.54, 1.807) is 24.1 Å². The molecule has 4 heteroatoms. The van der Waals surface area contributed by atoms with Crippen molar-refractivity contribution in [2.45, 2.75) is 12.3 Å². The van der Waals surface area contributed by atoms with E-state index in [9.17, 15) is 14.3 Å². The second-order valence-corrected chi connectivity index (χ2v) is 4.50. The van der Waals surface area contributed by atoms with Crippen molar-refractivity contribution in [3.8, 4) is 0 Å². The Morgan fingerprint density at radius 2 is 2.06 bits per heavy atom. The minimum absolute atomic E-state index is 0.00991. The Morgan fingerprint density at radius 1 is 1.41 bits per heavy atom. The second kappa shape index (κ2) is 4.84. The van der Waals surface area contributed by atoms with Crippen molar-refractivity contribution in [3.63, 3.8) is 0 Å². The standard InChI is InChI=1S/C13H16FNO2/c1-15-7-6-11(12(8-16)13(15)17)9-2-4-10(14)5-3-9/h2-5,11-12,16H,6-8H2,1H3/t11-,12-/m0/s1. The number of hydrogen-bond acceptors (Lipinski definition) is 2. The molecule has 0 radical (unpaired) electrons. The van der Waals surface area contributed by atoms with Gasteiger partial charge in [-0.15, -0.1) is 0 Å². The highest BCUT2D eigenvalue weighted by atomic mass is 19.1. The van der Waals surface area contributed by atoms with Gasteiger partial charge in [0.15, 0.2) is 0 Å². The lowest BCUT2D eigenvalue weighted by molar-refractivity contribution is -0.139. The summed E-state index contributed by atoms with van der Waals surface area (Å²) in [5.74, 6) is -0.731. The van der Waals surface area contributed by atoms with E-state index >= 15 is 0 Å². The molecule has 1 N–H and O–H groups in total. The Bertz CT molecular complexity index is 404. The fourth-order valence-corrected chi connectivity index (χ4v) is 2.41.